The summed E-state index contributed by atoms with van der Waals surface area (Å²) in [6.07, 6.45) is 4.42. The molecule has 1 atom stereocenters. The van der Waals surface area contributed by atoms with E-state index in [9.17, 15) is 4.79 Å². The van der Waals surface area contributed by atoms with Crippen molar-refractivity contribution < 1.29 is 4.79 Å². The van der Waals surface area contributed by atoms with Gasteiger partial charge in [0.15, 0.2) is 11.0 Å². The van der Waals surface area contributed by atoms with Gasteiger partial charge >= 0.3 is 0 Å². The van der Waals surface area contributed by atoms with Gasteiger partial charge in [0.05, 0.1) is 11.8 Å². The van der Waals surface area contributed by atoms with Crippen molar-refractivity contribution in [1.29, 1.82) is 0 Å². The predicted octanol–water partition coefficient (Wildman–Crippen LogP) is 3.40. The van der Waals surface area contributed by atoms with E-state index >= 15 is 0 Å². The summed E-state index contributed by atoms with van der Waals surface area (Å²) in [5.41, 5.74) is 2.04. The summed E-state index contributed by atoms with van der Waals surface area (Å²) < 4.78 is 2.04. The van der Waals surface area contributed by atoms with Crippen LogP contribution in [0.4, 0.5) is 0 Å². The van der Waals surface area contributed by atoms with Gasteiger partial charge in [-0.15, -0.1) is 10.2 Å². The molecule has 1 aromatic carbocycles. The number of thioether (sulfide) groups is 1. The van der Waals surface area contributed by atoms with Crippen LogP contribution in [0.1, 0.15) is 25.8 Å². The van der Waals surface area contributed by atoms with E-state index in [0.717, 1.165) is 28.5 Å². The highest BCUT2D eigenvalue weighted by Gasteiger charge is 2.20. The van der Waals surface area contributed by atoms with Crippen LogP contribution in [-0.4, -0.2) is 37.5 Å². The molecule has 140 valence electrons. The molecule has 0 aliphatic heterocycles. The third-order valence-corrected chi connectivity index (χ3v) is 5.10. The Labute approximate surface area is 163 Å². The van der Waals surface area contributed by atoms with Crippen LogP contribution >= 0.6 is 11.8 Å². The van der Waals surface area contributed by atoms with Gasteiger partial charge in [-0.25, -0.2) is 0 Å². The Morgan fingerprint density at radius 1 is 1.19 bits per heavy atom. The lowest BCUT2D eigenvalue weighted by Crippen LogP contribution is -2.31. The van der Waals surface area contributed by atoms with Crippen LogP contribution in [0.5, 0.6) is 0 Å². The van der Waals surface area contributed by atoms with Crippen LogP contribution in [0.15, 0.2) is 60.0 Å². The number of benzene rings is 1. The first-order chi connectivity index (χ1) is 13.2. The van der Waals surface area contributed by atoms with Gasteiger partial charge in [-0.05, 0) is 31.0 Å². The second kappa shape index (κ2) is 9.32. The lowest BCUT2D eigenvalue weighted by atomic mass is 10.2. The molecule has 6 nitrogen and oxygen atoms in total. The summed E-state index contributed by atoms with van der Waals surface area (Å²) in [5, 5.41) is 12.1. The fourth-order valence-corrected chi connectivity index (χ4v) is 3.47. The third kappa shape index (κ3) is 4.95. The first-order valence-corrected chi connectivity index (χ1v) is 9.89. The van der Waals surface area contributed by atoms with E-state index in [2.05, 4.69) is 32.6 Å². The Balaban J connectivity index is 1.89. The number of amides is 1. The van der Waals surface area contributed by atoms with Crippen molar-refractivity contribution in [3.05, 3.63) is 60.4 Å². The number of rotatable bonds is 8. The Morgan fingerprint density at radius 3 is 2.70 bits per heavy atom. The zero-order chi connectivity index (χ0) is 19.1. The molecule has 0 unspecified atom stereocenters. The average molecular weight is 382 g/mol. The summed E-state index contributed by atoms with van der Waals surface area (Å²) in [6, 6.07) is 14.0. The number of pyridine rings is 1. The average Bonchev–Trinajstić information content (AvgIpc) is 3.09. The summed E-state index contributed by atoms with van der Waals surface area (Å²) in [5.74, 6) is 0.759. The number of nitrogens with zero attached hydrogens (tertiary/aromatic N) is 4. The Hall–Kier alpha value is -2.67. The maximum absolute atomic E-state index is 12.3. The van der Waals surface area contributed by atoms with E-state index in [4.69, 9.17) is 0 Å². The van der Waals surface area contributed by atoms with Crippen LogP contribution in [-0.2, 0) is 11.3 Å². The van der Waals surface area contributed by atoms with Crippen LogP contribution < -0.4 is 5.32 Å². The molecule has 1 N–H and O–H groups in total. The van der Waals surface area contributed by atoms with Crippen molar-refractivity contribution in [2.45, 2.75) is 37.2 Å². The van der Waals surface area contributed by atoms with Gasteiger partial charge in [-0.3, -0.25) is 14.3 Å². The monoisotopic (exact) mass is 381 g/mol. The highest BCUT2D eigenvalue weighted by molar-refractivity contribution is 8.00. The van der Waals surface area contributed by atoms with Crippen molar-refractivity contribution >= 4 is 17.7 Å². The molecule has 0 saturated carbocycles. The molecule has 0 fully saturated rings. The van der Waals surface area contributed by atoms with E-state index in [1.807, 2.05) is 48.7 Å². The molecule has 27 heavy (non-hydrogen) atoms. The molecule has 0 aliphatic rings. The van der Waals surface area contributed by atoms with Gasteiger partial charge in [0.25, 0.3) is 0 Å². The van der Waals surface area contributed by atoms with Gasteiger partial charge in [-0.2, -0.15) is 0 Å². The van der Waals surface area contributed by atoms with Crippen LogP contribution in [0.2, 0.25) is 0 Å². The van der Waals surface area contributed by atoms with Crippen molar-refractivity contribution in [3.8, 4) is 11.4 Å². The van der Waals surface area contributed by atoms with Gasteiger partial charge in [0.1, 0.15) is 0 Å². The lowest BCUT2D eigenvalue weighted by Gasteiger charge is -2.13. The molecule has 1 amide bonds. The largest absolute Gasteiger partial charge is 0.355 e. The SMILES string of the molecule is CCCNC(=O)[C@@H](C)Sc1nnc(-c2cccnc2)n1Cc1ccccc1. The highest BCUT2D eigenvalue weighted by Crippen LogP contribution is 2.27. The number of hydrogen-bond acceptors (Lipinski definition) is 5. The second-order valence-electron chi connectivity index (χ2n) is 6.17. The Kier molecular flexibility index (Phi) is 6.59. The minimum absolute atomic E-state index is 0.0130. The molecule has 0 radical (unpaired) electrons. The second-order valence-corrected chi connectivity index (χ2v) is 7.48. The van der Waals surface area contributed by atoms with E-state index in [1.165, 1.54) is 11.8 Å². The van der Waals surface area contributed by atoms with E-state index < -0.39 is 0 Å². The molecule has 2 aromatic heterocycles. The lowest BCUT2D eigenvalue weighted by molar-refractivity contribution is -0.120. The van der Waals surface area contributed by atoms with Crippen molar-refractivity contribution in [2.24, 2.45) is 0 Å². The smallest absolute Gasteiger partial charge is 0.233 e. The first kappa shape index (κ1) is 19.1. The molecule has 0 aliphatic carbocycles. The van der Waals surface area contributed by atoms with E-state index in [0.29, 0.717) is 13.1 Å². The first-order valence-electron chi connectivity index (χ1n) is 9.01. The maximum atomic E-state index is 12.3. The molecule has 3 rings (SSSR count). The highest BCUT2D eigenvalue weighted by atomic mass is 32.2. The van der Waals surface area contributed by atoms with Gasteiger partial charge in [0, 0.05) is 24.5 Å². The summed E-state index contributed by atoms with van der Waals surface area (Å²) in [4.78, 5) is 16.4. The molecule has 0 bridgehead atoms. The number of carbonyl (C=O) groups excluding carboxylic acids is 1. The zero-order valence-electron chi connectivity index (χ0n) is 15.5. The van der Waals surface area contributed by atoms with E-state index in [-0.39, 0.29) is 11.2 Å². The topological polar surface area (TPSA) is 72.7 Å². The molecular formula is C20H23N5OS. The molecule has 2 heterocycles. The molecule has 0 spiro atoms. The van der Waals surface area contributed by atoms with Crippen LogP contribution in [0, 0.1) is 0 Å². The molecule has 7 heteroatoms. The normalized spacial score (nSPS) is 11.9. The molecule has 0 saturated heterocycles. The van der Waals surface area contributed by atoms with Crippen molar-refractivity contribution in [3.63, 3.8) is 0 Å². The standard InChI is InChI=1S/C20H23N5OS/c1-3-11-22-19(26)15(2)27-20-24-23-18(17-10-7-12-21-13-17)25(20)14-16-8-5-4-6-9-16/h4-10,12-13,15H,3,11,14H2,1-2H3,(H,22,26)/t15-/m1/s1. The fourth-order valence-electron chi connectivity index (χ4n) is 2.60. The van der Waals surface area contributed by atoms with Crippen LogP contribution in [0.3, 0.4) is 0 Å². The van der Waals surface area contributed by atoms with Gasteiger partial charge in [-0.1, -0.05) is 49.0 Å². The fraction of sp³-hybridized carbons (Fsp3) is 0.300. The maximum Gasteiger partial charge on any atom is 0.233 e. The Bertz CT molecular complexity index is 867. The number of carbonyl (C=O) groups is 1. The van der Waals surface area contributed by atoms with Crippen molar-refractivity contribution in [1.82, 2.24) is 25.1 Å². The quantitative estimate of drug-likeness (QED) is 0.606. The van der Waals surface area contributed by atoms with Gasteiger partial charge in [0.2, 0.25) is 5.91 Å². The van der Waals surface area contributed by atoms with Crippen molar-refractivity contribution in [2.75, 3.05) is 6.54 Å². The molecule has 3 aromatic rings. The zero-order valence-corrected chi connectivity index (χ0v) is 16.3. The number of hydrogen-bond donors (Lipinski definition) is 1. The van der Waals surface area contributed by atoms with Gasteiger partial charge < -0.3 is 5.32 Å². The minimum atomic E-state index is -0.253. The number of nitrogens with one attached hydrogen (secondary N) is 1. The number of aromatic nitrogens is 4. The van der Waals surface area contributed by atoms with Crippen LogP contribution in [0.25, 0.3) is 11.4 Å². The summed E-state index contributed by atoms with van der Waals surface area (Å²) in [7, 11) is 0. The Morgan fingerprint density at radius 2 is 2.00 bits per heavy atom. The molecular weight excluding hydrogens is 358 g/mol. The third-order valence-electron chi connectivity index (χ3n) is 4.02. The summed E-state index contributed by atoms with van der Waals surface area (Å²) in [6.45, 7) is 5.24. The summed E-state index contributed by atoms with van der Waals surface area (Å²) >= 11 is 1.42. The van der Waals surface area contributed by atoms with E-state index in [1.54, 1.807) is 12.4 Å². The minimum Gasteiger partial charge on any atom is -0.355 e. The predicted molar refractivity (Wildman–Crippen MR) is 107 cm³/mol.